The van der Waals surface area contributed by atoms with Crippen LogP contribution in [-0.4, -0.2) is 25.2 Å². The van der Waals surface area contributed by atoms with Gasteiger partial charge in [0.05, 0.1) is 23.7 Å². The maximum absolute atomic E-state index is 13.0. The van der Waals surface area contributed by atoms with Gasteiger partial charge in [0.2, 0.25) is 0 Å². The van der Waals surface area contributed by atoms with Gasteiger partial charge in [-0.05, 0) is 36.5 Å². The number of hydrogen-bond acceptors (Lipinski definition) is 5. The van der Waals surface area contributed by atoms with Gasteiger partial charge in [-0.2, -0.15) is 5.10 Å². The van der Waals surface area contributed by atoms with Gasteiger partial charge in [-0.15, -0.1) is 0 Å². The largest absolute Gasteiger partial charge is 0.467 e. The molecule has 27 heavy (non-hydrogen) atoms. The number of fused-ring (bicyclic) bond motifs is 1. The van der Waals surface area contributed by atoms with Crippen LogP contribution < -0.4 is 10.9 Å². The Hall–Kier alpha value is -3.46. The van der Waals surface area contributed by atoms with Crippen molar-refractivity contribution >= 4 is 29.0 Å². The molecule has 1 aromatic carbocycles. The number of furan rings is 1. The minimum atomic E-state index is -0.434. The lowest BCUT2D eigenvalue weighted by atomic mass is 10.2. The van der Waals surface area contributed by atoms with Crippen molar-refractivity contribution in [1.29, 1.82) is 0 Å². The number of rotatable bonds is 4. The van der Waals surface area contributed by atoms with E-state index >= 15 is 0 Å². The first-order chi connectivity index (χ1) is 13.0. The van der Waals surface area contributed by atoms with Crippen molar-refractivity contribution in [2.24, 2.45) is 7.05 Å². The number of aryl methyl sites for hydroxylation is 1. The number of nitrogens with one attached hydrogen (secondary N) is 2. The fraction of sp³-hybridized carbons (Fsp3) is 0.111. The second kappa shape index (κ2) is 6.69. The minimum Gasteiger partial charge on any atom is -0.467 e. The Labute approximate surface area is 158 Å². The Bertz CT molecular complexity index is 1250. The van der Waals surface area contributed by atoms with Gasteiger partial charge in [-0.1, -0.05) is 12.1 Å². The Morgan fingerprint density at radius 1 is 1.30 bits per heavy atom. The van der Waals surface area contributed by atoms with Gasteiger partial charge in [0, 0.05) is 13.2 Å². The molecule has 3 aromatic heterocycles. The second-order valence-electron chi connectivity index (χ2n) is 5.91. The zero-order valence-corrected chi connectivity index (χ0v) is 15.1. The van der Waals surface area contributed by atoms with Crippen LogP contribution in [-0.2, 0) is 13.6 Å². The maximum atomic E-state index is 13.0. The molecule has 1 amide bonds. The molecule has 0 radical (unpaired) electrons. The smallest absolute Gasteiger partial charge is 0.274 e. The lowest BCUT2D eigenvalue weighted by Crippen LogP contribution is -2.27. The summed E-state index contributed by atoms with van der Waals surface area (Å²) >= 11 is 5.36. The van der Waals surface area contributed by atoms with Crippen molar-refractivity contribution in [1.82, 2.24) is 24.6 Å². The average molecular weight is 381 g/mol. The lowest BCUT2D eigenvalue weighted by Gasteiger charge is -2.08. The highest BCUT2D eigenvalue weighted by molar-refractivity contribution is 7.71. The van der Waals surface area contributed by atoms with E-state index in [2.05, 4.69) is 15.4 Å². The van der Waals surface area contributed by atoms with Gasteiger partial charge in [-0.25, -0.2) is 4.57 Å². The van der Waals surface area contributed by atoms with Crippen molar-refractivity contribution in [3.8, 4) is 5.69 Å². The molecule has 3 heterocycles. The molecule has 4 rings (SSSR count). The number of nitrogens with zero attached hydrogens (tertiary/aromatic N) is 3. The third-order valence-electron chi connectivity index (χ3n) is 4.07. The van der Waals surface area contributed by atoms with E-state index in [-0.39, 0.29) is 22.6 Å². The minimum absolute atomic E-state index is 0.0981. The molecular weight excluding hydrogens is 366 g/mol. The Morgan fingerprint density at radius 2 is 2.11 bits per heavy atom. The molecule has 0 aliphatic heterocycles. The SMILES string of the molecule is Cn1cc(-n2c(=S)[nH]c3ccccc3c2=O)c(C(=O)NCc2ccco2)n1. The van der Waals surface area contributed by atoms with Crippen LogP contribution in [0.5, 0.6) is 0 Å². The third-order valence-corrected chi connectivity index (χ3v) is 4.36. The summed E-state index contributed by atoms with van der Waals surface area (Å²) in [7, 11) is 1.67. The number of aromatic nitrogens is 4. The average Bonchev–Trinajstić information content (AvgIpc) is 3.29. The molecule has 0 aliphatic rings. The molecule has 0 saturated heterocycles. The van der Waals surface area contributed by atoms with E-state index in [4.69, 9.17) is 16.6 Å². The van der Waals surface area contributed by atoms with Crippen molar-refractivity contribution in [3.63, 3.8) is 0 Å². The van der Waals surface area contributed by atoms with Crippen LogP contribution in [0.25, 0.3) is 16.6 Å². The summed E-state index contributed by atoms with van der Waals surface area (Å²) in [5.74, 6) is 0.178. The third kappa shape index (κ3) is 3.08. The highest BCUT2D eigenvalue weighted by Gasteiger charge is 2.20. The van der Waals surface area contributed by atoms with Crippen LogP contribution in [0, 0.1) is 4.77 Å². The molecule has 0 atom stereocenters. The van der Waals surface area contributed by atoms with Gasteiger partial charge < -0.3 is 14.7 Å². The molecular formula is C18H15N5O3S. The van der Waals surface area contributed by atoms with Crippen LogP contribution >= 0.6 is 12.2 Å². The lowest BCUT2D eigenvalue weighted by molar-refractivity contribution is 0.0942. The molecule has 0 saturated carbocycles. The number of carbonyl (C=O) groups is 1. The van der Waals surface area contributed by atoms with Crippen LogP contribution in [0.1, 0.15) is 16.2 Å². The molecule has 0 spiro atoms. The number of benzene rings is 1. The van der Waals surface area contributed by atoms with E-state index in [0.717, 1.165) is 0 Å². The number of hydrogen-bond donors (Lipinski definition) is 2. The number of carbonyl (C=O) groups excluding carboxylic acids is 1. The normalized spacial score (nSPS) is 11.0. The summed E-state index contributed by atoms with van der Waals surface area (Å²) in [5.41, 5.74) is 0.728. The number of para-hydroxylation sites is 1. The summed E-state index contributed by atoms with van der Waals surface area (Å²) in [5, 5.41) is 7.41. The van der Waals surface area contributed by atoms with Gasteiger partial charge in [0.1, 0.15) is 11.4 Å². The van der Waals surface area contributed by atoms with Gasteiger partial charge >= 0.3 is 0 Å². The van der Waals surface area contributed by atoms with Crippen molar-refractivity contribution in [2.45, 2.75) is 6.54 Å². The van der Waals surface area contributed by atoms with E-state index in [1.54, 1.807) is 43.6 Å². The molecule has 0 aliphatic carbocycles. The Kier molecular flexibility index (Phi) is 4.21. The number of amides is 1. The summed E-state index contributed by atoms with van der Waals surface area (Å²) in [6.07, 6.45) is 3.11. The number of H-pyrrole nitrogens is 1. The van der Waals surface area contributed by atoms with E-state index in [1.165, 1.54) is 15.5 Å². The topological polar surface area (TPSA) is 97.8 Å². The predicted molar refractivity (Wildman–Crippen MR) is 101 cm³/mol. The highest BCUT2D eigenvalue weighted by atomic mass is 32.1. The molecule has 4 aromatic rings. The van der Waals surface area contributed by atoms with Crippen LogP contribution in [0.15, 0.2) is 58.1 Å². The standard InChI is InChI=1S/C18H15N5O3S/c1-22-10-14(15(21-22)16(24)19-9-11-5-4-8-26-11)23-17(25)12-6-2-3-7-13(12)20-18(23)27/h2-8,10H,9H2,1H3,(H,19,24)(H,20,27). The molecule has 0 unspecified atom stereocenters. The first kappa shape index (κ1) is 17.0. The summed E-state index contributed by atoms with van der Waals surface area (Å²) in [6, 6.07) is 10.6. The molecule has 136 valence electrons. The first-order valence-electron chi connectivity index (χ1n) is 8.13. The fourth-order valence-electron chi connectivity index (χ4n) is 2.85. The quantitative estimate of drug-likeness (QED) is 0.529. The van der Waals surface area contributed by atoms with Crippen molar-refractivity contribution in [2.75, 3.05) is 0 Å². The Morgan fingerprint density at radius 3 is 2.89 bits per heavy atom. The van der Waals surface area contributed by atoms with Crippen LogP contribution in [0.3, 0.4) is 0 Å². The first-order valence-corrected chi connectivity index (χ1v) is 8.54. The molecule has 8 nitrogen and oxygen atoms in total. The predicted octanol–water partition coefficient (Wildman–Crippen LogP) is 2.30. The van der Waals surface area contributed by atoms with Gasteiger partial charge in [-0.3, -0.25) is 14.3 Å². The van der Waals surface area contributed by atoms with E-state index in [9.17, 15) is 9.59 Å². The highest BCUT2D eigenvalue weighted by Crippen LogP contribution is 2.14. The molecule has 0 bridgehead atoms. The summed E-state index contributed by atoms with van der Waals surface area (Å²) < 4.78 is 8.15. The monoisotopic (exact) mass is 381 g/mol. The fourth-order valence-corrected chi connectivity index (χ4v) is 3.14. The molecule has 2 N–H and O–H groups in total. The Balaban J connectivity index is 1.79. The van der Waals surface area contributed by atoms with E-state index in [1.807, 2.05) is 6.07 Å². The second-order valence-corrected chi connectivity index (χ2v) is 6.30. The van der Waals surface area contributed by atoms with Gasteiger partial charge in [0.15, 0.2) is 10.5 Å². The van der Waals surface area contributed by atoms with Crippen molar-refractivity contribution < 1.29 is 9.21 Å². The summed E-state index contributed by atoms with van der Waals surface area (Å²) in [6.45, 7) is 0.210. The molecule has 0 fully saturated rings. The van der Waals surface area contributed by atoms with E-state index in [0.29, 0.717) is 22.4 Å². The zero-order chi connectivity index (χ0) is 19.0. The van der Waals surface area contributed by atoms with Crippen LogP contribution in [0.4, 0.5) is 0 Å². The van der Waals surface area contributed by atoms with Crippen LogP contribution in [0.2, 0.25) is 0 Å². The molecule has 9 heteroatoms. The summed E-state index contributed by atoms with van der Waals surface area (Å²) in [4.78, 5) is 28.6. The number of aromatic amines is 1. The maximum Gasteiger partial charge on any atom is 0.274 e. The van der Waals surface area contributed by atoms with E-state index < -0.39 is 5.91 Å². The van der Waals surface area contributed by atoms with Crippen molar-refractivity contribution in [3.05, 3.63) is 75.4 Å². The van der Waals surface area contributed by atoms with Gasteiger partial charge in [0.25, 0.3) is 11.5 Å². The zero-order valence-electron chi connectivity index (χ0n) is 14.3.